The molecular weight excluding hydrogens is 264 g/mol. The van der Waals surface area contributed by atoms with Gasteiger partial charge in [-0.05, 0) is 31.5 Å². The van der Waals surface area contributed by atoms with Gasteiger partial charge in [0.2, 0.25) is 0 Å². The molecule has 3 nitrogen and oxygen atoms in total. The number of hydrogen-bond acceptors (Lipinski definition) is 3. The minimum atomic E-state index is -0.535. The molecule has 3 heteroatoms. The summed E-state index contributed by atoms with van der Waals surface area (Å²) in [4.78, 5) is 0. The molecule has 0 radical (unpaired) electrons. The topological polar surface area (TPSA) is 38.7 Å². The predicted octanol–water partition coefficient (Wildman–Crippen LogP) is 3.60. The first-order chi connectivity index (χ1) is 10.1. The Bertz CT molecular complexity index is 634. The fourth-order valence-electron chi connectivity index (χ4n) is 2.67. The zero-order chi connectivity index (χ0) is 14.8. The van der Waals surface area contributed by atoms with Gasteiger partial charge in [-0.15, -0.1) is 0 Å². The summed E-state index contributed by atoms with van der Waals surface area (Å²) in [5.41, 5.74) is 3.15. The molecule has 0 saturated carbocycles. The minimum absolute atomic E-state index is 0.239. The number of aryl methyl sites for hydroxylation is 1. The first-order valence-corrected chi connectivity index (χ1v) is 7.28. The third-order valence-corrected chi connectivity index (χ3v) is 3.86. The van der Waals surface area contributed by atoms with Crippen molar-refractivity contribution in [2.45, 2.75) is 25.9 Å². The molecule has 0 aromatic heterocycles. The molecule has 2 aromatic rings. The van der Waals surface area contributed by atoms with Gasteiger partial charge < -0.3 is 14.6 Å². The lowest BCUT2D eigenvalue weighted by molar-refractivity contribution is 0.187. The Balaban J connectivity index is 1.76. The zero-order valence-electron chi connectivity index (χ0n) is 12.4. The molecule has 0 amide bonds. The van der Waals surface area contributed by atoms with Gasteiger partial charge in [-0.1, -0.05) is 30.3 Å². The smallest absolute Gasteiger partial charge is 0.125 e. The monoisotopic (exact) mass is 284 g/mol. The van der Waals surface area contributed by atoms with Gasteiger partial charge in [0.25, 0.3) is 0 Å². The van der Waals surface area contributed by atoms with Crippen molar-refractivity contribution in [3.05, 3.63) is 59.2 Å². The van der Waals surface area contributed by atoms with Gasteiger partial charge in [-0.2, -0.15) is 0 Å². The van der Waals surface area contributed by atoms with Crippen molar-refractivity contribution in [2.24, 2.45) is 0 Å². The molecule has 0 spiro atoms. The molecular formula is C18H20O3. The van der Waals surface area contributed by atoms with Crippen LogP contribution in [0.25, 0.3) is 0 Å². The van der Waals surface area contributed by atoms with Crippen LogP contribution < -0.4 is 9.47 Å². The quantitative estimate of drug-likeness (QED) is 0.932. The molecule has 21 heavy (non-hydrogen) atoms. The number of para-hydroxylation sites is 1. The maximum atomic E-state index is 9.84. The molecule has 1 N–H and O–H groups in total. The van der Waals surface area contributed by atoms with Gasteiger partial charge in [0, 0.05) is 11.1 Å². The van der Waals surface area contributed by atoms with E-state index in [0.29, 0.717) is 13.2 Å². The molecule has 1 aliphatic heterocycles. The second-order valence-electron chi connectivity index (χ2n) is 5.57. The van der Waals surface area contributed by atoms with E-state index in [0.717, 1.165) is 22.6 Å². The van der Waals surface area contributed by atoms with E-state index in [2.05, 4.69) is 6.07 Å². The van der Waals surface area contributed by atoms with Crippen LogP contribution in [0, 0.1) is 6.92 Å². The molecule has 0 bridgehead atoms. The molecule has 0 fully saturated rings. The van der Waals surface area contributed by atoms with E-state index in [9.17, 15) is 5.11 Å². The zero-order valence-corrected chi connectivity index (χ0v) is 12.4. The van der Waals surface area contributed by atoms with Gasteiger partial charge >= 0.3 is 0 Å². The Hall–Kier alpha value is -2.00. The highest BCUT2D eigenvalue weighted by molar-refractivity contribution is 5.41. The maximum Gasteiger partial charge on any atom is 0.125 e. The summed E-state index contributed by atoms with van der Waals surface area (Å²) in [7, 11) is 0. The average molecular weight is 284 g/mol. The standard InChI is InChI=1S/C18H20O3/c1-12-7-8-15(13(2)19)18(9-12)21-11-14-10-20-17-6-4-3-5-16(14)17/h3-9,13-14,19H,10-11H2,1-2H3/t13-,14?/m1/s1. The van der Waals surface area contributed by atoms with Crippen molar-refractivity contribution in [1.82, 2.24) is 0 Å². The predicted molar refractivity (Wildman–Crippen MR) is 82.0 cm³/mol. The van der Waals surface area contributed by atoms with Crippen molar-refractivity contribution in [2.75, 3.05) is 13.2 Å². The van der Waals surface area contributed by atoms with Crippen LogP contribution in [-0.2, 0) is 0 Å². The molecule has 1 heterocycles. The van der Waals surface area contributed by atoms with Crippen LogP contribution >= 0.6 is 0 Å². The number of rotatable bonds is 4. The Kier molecular flexibility index (Phi) is 3.84. The van der Waals surface area contributed by atoms with Gasteiger partial charge in [-0.3, -0.25) is 0 Å². The lowest BCUT2D eigenvalue weighted by Gasteiger charge is -2.16. The van der Waals surface area contributed by atoms with Gasteiger partial charge in [0.1, 0.15) is 11.5 Å². The van der Waals surface area contributed by atoms with Crippen LogP contribution in [0.15, 0.2) is 42.5 Å². The minimum Gasteiger partial charge on any atom is -0.493 e. The summed E-state index contributed by atoms with van der Waals surface area (Å²) in [6.07, 6.45) is -0.535. The van der Waals surface area contributed by atoms with Crippen LogP contribution in [-0.4, -0.2) is 18.3 Å². The van der Waals surface area contributed by atoms with E-state index in [-0.39, 0.29) is 5.92 Å². The summed E-state index contributed by atoms with van der Waals surface area (Å²) >= 11 is 0. The van der Waals surface area contributed by atoms with Crippen molar-refractivity contribution in [3.8, 4) is 11.5 Å². The van der Waals surface area contributed by atoms with E-state index in [4.69, 9.17) is 9.47 Å². The first kappa shape index (κ1) is 14.0. The molecule has 2 atom stereocenters. The Morgan fingerprint density at radius 2 is 2.10 bits per heavy atom. The lowest BCUT2D eigenvalue weighted by Crippen LogP contribution is -2.13. The third-order valence-electron chi connectivity index (χ3n) is 3.86. The number of hydrogen-bond donors (Lipinski definition) is 1. The highest BCUT2D eigenvalue weighted by atomic mass is 16.5. The Morgan fingerprint density at radius 3 is 2.90 bits per heavy atom. The van der Waals surface area contributed by atoms with Gasteiger partial charge in [0.05, 0.1) is 25.2 Å². The lowest BCUT2D eigenvalue weighted by atomic mass is 10.0. The van der Waals surface area contributed by atoms with Crippen LogP contribution in [0.2, 0.25) is 0 Å². The molecule has 1 unspecified atom stereocenters. The molecule has 110 valence electrons. The molecule has 2 aromatic carbocycles. The normalized spacial score (nSPS) is 18.0. The summed E-state index contributed by atoms with van der Waals surface area (Å²) in [5.74, 6) is 1.95. The SMILES string of the molecule is Cc1ccc([C@@H](C)O)c(OCC2COc3ccccc32)c1. The number of ether oxygens (including phenoxy) is 2. The van der Waals surface area contributed by atoms with E-state index >= 15 is 0 Å². The fourth-order valence-corrected chi connectivity index (χ4v) is 2.67. The number of aliphatic hydroxyl groups is 1. The molecule has 0 saturated heterocycles. The van der Waals surface area contributed by atoms with Crippen LogP contribution in [0.1, 0.15) is 35.6 Å². The average Bonchev–Trinajstić information content (AvgIpc) is 2.88. The van der Waals surface area contributed by atoms with E-state index in [1.807, 2.05) is 43.3 Å². The summed E-state index contributed by atoms with van der Waals surface area (Å²) in [6.45, 7) is 4.98. The molecule has 0 aliphatic carbocycles. The Morgan fingerprint density at radius 1 is 1.29 bits per heavy atom. The van der Waals surface area contributed by atoms with Crippen LogP contribution in [0.3, 0.4) is 0 Å². The van der Waals surface area contributed by atoms with Crippen LogP contribution in [0.4, 0.5) is 0 Å². The largest absolute Gasteiger partial charge is 0.493 e. The molecule has 3 rings (SSSR count). The summed E-state index contributed by atoms with van der Waals surface area (Å²) in [5, 5.41) is 9.84. The second-order valence-corrected chi connectivity index (χ2v) is 5.57. The highest BCUT2D eigenvalue weighted by Gasteiger charge is 2.24. The van der Waals surface area contributed by atoms with E-state index in [1.165, 1.54) is 5.56 Å². The number of fused-ring (bicyclic) bond motifs is 1. The second kappa shape index (κ2) is 5.78. The van der Waals surface area contributed by atoms with Crippen molar-refractivity contribution in [3.63, 3.8) is 0 Å². The van der Waals surface area contributed by atoms with E-state index in [1.54, 1.807) is 6.92 Å². The maximum absolute atomic E-state index is 9.84. The third kappa shape index (κ3) is 2.88. The number of aliphatic hydroxyl groups excluding tert-OH is 1. The first-order valence-electron chi connectivity index (χ1n) is 7.28. The van der Waals surface area contributed by atoms with E-state index < -0.39 is 6.10 Å². The van der Waals surface area contributed by atoms with Crippen molar-refractivity contribution < 1.29 is 14.6 Å². The van der Waals surface area contributed by atoms with Crippen molar-refractivity contribution in [1.29, 1.82) is 0 Å². The van der Waals surface area contributed by atoms with Gasteiger partial charge in [0.15, 0.2) is 0 Å². The fraction of sp³-hybridized carbons (Fsp3) is 0.333. The number of benzene rings is 2. The highest BCUT2D eigenvalue weighted by Crippen LogP contribution is 2.34. The van der Waals surface area contributed by atoms with Gasteiger partial charge in [-0.25, -0.2) is 0 Å². The summed E-state index contributed by atoms with van der Waals surface area (Å²) < 4.78 is 11.7. The summed E-state index contributed by atoms with van der Waals surface area (Å²) in [6, 6.07) is 14.0. The van der Waals surface area contributed by atoms with Crippen molar-refractivity contribution >= 4 is 0 Å². The molecule has 1 aliphatic rings. The van der Waals surface area contributed by atoms with Crippen LogP contribution in [0.5, 0.6) is 11.5 Å². The Labute approximate surface area is 125 Å².